The molecule has 6 heteroatoms. The lowest BCUT2D eigenvalue weighted by atomic mass is 10.1. The zero-order valence-corrected chi connectivity index (χ0v) is 16.8. The number of methoxy groups -OCH3 is 1. The largest absolute Gasteiger partial charge is 0.497 e. The van der Waals surface area contributed by atoms with Gasteiger partial charge in [0.15, 0.2) is 0 Å². The van der Waals surface area contributed by atoms with E-state index in [-0.39, 0.29) is 5.91 Å². The van der Waals surface area contributed by atoms with Crippen LogP contribution in [0.1, 0.15) is 29.8 Å². The SMILES string of the molecule is COc1ccc(C2=NN(C(C)=O)[C@H](c3ccccc3OCc3ccccc3)O2)cc1. The quantitative estimate of drug-likeness (QED) is 0.609. The van der Waals surface area contributed by atoms with E-state index in [1.165, 1.54) is 11.9 Å². The fourth-order valence-electron chi connectivity index (χ4n) is 3.17. The molecule has 1 atom stereocenters. The highest BCUT2D eigenvalue weighted by Crippen LogP contribution is 2.36. The molecule has 1 aliphatic heterocycles. The third-order valence-electron chi connectivity index (χ3n) is 4.73. The maximum atomic E-state index is 12.3. The molecule has 152 valence electrons. The van der Waals surface area contributed by atoms with Gasteiger partial charge in [-0.25, -0.2) is 0 Å². The highest BCUT2D eigenvalue weighted by Gasteiger charge is 2.35. The van der Waals surface area contributed by atoms with Gasteiger partial charge >= 0.3 is 0 Å². The molecular weight excluding hydrogens is 380 g/mol. The van der Waals surface area contributed by atoms with Crippen LogP contribution in [0, 0.1) is 0 Å². The van der Waals surface area contributed by atoms with E-state index in [4.69, 9.17) is 14.2 Å². The summed E-state index contributed by atoms with van der Waals surface area (Å²) in [6, 6.07) is 24.8. The van der Waals surface area contributed by atoms with E-state index in [0.717, 1.165) is 22.4 Å². The van der Waals surface area contributed by atoms with E-state index in [1.807, 2.05) is 78.9 Å². The van der Waals surface area contributed by atoms with Gasteiger partial charge < -0.3 is 14.2 Å². The van der Waals surface area contributed by atoms with Crippen molar-refractivity contribution in [2.24, 2.45) is 5.10 Å². The molecule has 1 heterocycles. The van der Waals surface area contributed by atoms with Gasteiger partial charge in [-0.1, -0.05) is 42.5 Å². The number of hydrazone groups is 1. The molecule has 1 aliphatic rings. The van der Waals surface area contributed by atoms with Crippen LogP contribution < -0.4 is 9.47 Å². The molecule has 0 radical (unpaired) electrons. The molecule has 0 N–H and O–H groups in total. The van der Waals surface area contributed by atoms with Crippen molar-refractivity contribution in [3.8, 4) is 11.5 Å². The van der Waals surface area contributed by atoms with Crippen molar-refractivity contribution in [1.82, 2.24) is 5.01 Å². The lowest BCUT2D eigenvalue weighted by Gasteiger charge is -2.22. The van der Waals surface area contributed by atoms with E-state index in [1.54, 1.807) is 7.11 Å². The average Bonchev–Trinajstić information content (AvgIpc) is 3.24. The second-order valence-corrected chi connectivity index (χ2v) is 6.78. The van der Waals surface area contributed by atoms with Crippen molar-refractivity contribution in [2.45, 2.75) is 19.8 Å². The molecule has 6 nitrogen and oxygen atoms in total. The van der Waals surface area contributed by atoms with Gasteiger partial charge in [-0.05, 0) is 42.0 Å². The van der Waals surface area contributed by atoms with Crippen LogP contribution in [0.4, 0.5) is 0 Å². The molecule has 0 bridgehead atoms. The van der Waals surface area contributed by atoms with Crippen LogP contribution >= 0.6 is 0 Å². The number of benzene rings is 3. The van der Waals surface area contributed by atoms with Gasteiger partial charge in [-0.15, -0.1) is 5.10 Å². The zero-order valence-electron chi connectivity index (χ0n) is 16.8. The summed E-state index contributed by atoms with van der Waals surface area (Å²) in [4.78, 5) is 12.3. The second-order valence-electron chi connectivity index (χ2n) is 6.78. The molecule has 0 saturated carbocycles. The van der Waals surface area contributed by atoms with Crippen molar-refractivity contribution in [3.05, 3.63) is 95.6 Å². The Morgan fingerprint density at radius 3 is 2.40 bits per heavy atom. The number of ether oxygens (including phenoxy) is 3. The van der Waals surface area contributed by atoms with Crippen LogP contribution in [0.3, 0.4) is 0 Å². The van der Waals surface area contributed by atoms with Crippen molar-refractivity contribution >= 4 is 11.8 Å². The highest BCUT2D eigenvalue weighted by molar-refractivity contribution is 5.96. The number of hydrogen-bond donors (Lipinski definition) is 0. The lowest BCUT2D eigenvalue weighted by molar-refractivity contribution is -0.135. The molecule has 4 rings (SSSR count). The van der Waals surface area contributed by atoms with Gasteiger partial charge in [0.1, 0.15) is 18.1 Å². The Balaban J connectivity index is 1.59. The first-order valence-electron chi connectivity index (χ1n) is 9.61. The van der Waals surface area contributed by atoms with Crippen LogP contribution in [0.2, 0.25) is 0 Å². The van der Waals surface area contributed by atoms with Gasteiger partial charge in [0.2, 0.25) is 18.0 Å². The Bertz CT molecular complexity index is 1050. The summed E-state index contributed by atoms with van der Waals surface area (Å²) >= 11 is 0. The van der Waals surface area contributed by atoms with E-state index in [9.17, 15) is 4.79 Å². The number of hydrogen-bond acceptors (Lipinski definition) is 5. The predicted octanol–water partition coefficient (Wildman–Crippen LogP) is 4.51. The number of carbonyl (C=O) groups excluding carboxylic acids is 1. The van der Waals surface area contributed by atoms with E-state index >= 15 is 0 Å². The van der Waals surface area contributed by atoms with Crippen molar-refractivity contribution in [1.29, 1.82) is 0 Å². The number of rotatable bonds is 6. The standard InChI is InChI=1S/C24H22N2O4/c1-17(27)26-24(30-23(25-26)19-12-14-20(28-2)15-13-19)21-10-6-7-11-22(21)29-16-18-8-4-3-5-9-18/h3-15,24H,16H2,1-2H3/t24-/m0/s1. The first-order valence-corrected chi connectivity index (χ1v) is 9.61. The summed E-state index contributed by atoms with van der Waals surface area (Å²) in [5.41, 5.74) is 2.54. The molecule has 0 aliphatic carbocycles. The molecule has 3 aromatic carbocycles. The molecule has 3 aromatic rings. The van der Waals surface area contributed by atoms with E-state index in [0.29, 0.717) is 18.3 Å². The Hall–Kier alpha value is -3.80. The number of para-hydroxylation sites is 1. The lowest BCUT2D eigenvalue weighted by Crippen LogP contribution is -2.25. The normalized spacial score (nSPS) is 15.3. The summed E-state index contributed by atoms with van der Waals surface area (Å²) in [5.74, 6) is 1.53. The van der Waals surface area contributed by atoms with Crippen LogP contribution in [-0.2, 0) is 16.1 Å². The molecule has 0 spiro atoms. The van der Waals surface area contributed by atoms with Gasteiger partial charge in [-0.3, -0.25) is 4.79 Å². The molecule has 30 heavy (non-hydrogen) atoms. The third-order valence-corrected chi connectivity index (χ3v) is 4.73. The predicted molar refractivity (Wildman–Crippen MR) is 113 cm³/mol. The topological polar surface area (TPSA) is 60.4 Å². The van der Waals surface area contributed by atoms with Gasteiger partial charge in [-0.2, -0.15) is 5.01 Å². The van der Waals surface area contributed by atoms with Crippen molar-refractivity contribution < 1.29 is 19.0 Å². The monoisotopic (exact) mass is 402 g/mol. The number of amides is 1. The summed E-state index contributed by atoms with van der Waals surface area (Å²) in [6.07, 6.45) is -0.702. The van der Waals surface area contributed by atoms with Crippen LogP contribution in [0.5, 0.6) is 11.5 Å². The first-order chi connectivity index (χ1) is 14.7. The summed E-state index contributed by atoms with van der Waals surface area (Å²) in [6.45, 7) is 1.88. The van der Waals surface area contributed by atoms with Crippen LogP contribution in [0.25, 0.3) is 0 Å². The van der Waals surface area contributed by atoms with E-state index < -0.39 is 6.23 Å². The Morgan fingerprint density at radius 1 is 1.00 bits per heavy atom. The molecule has 0 unspecified atom stereocenters. The molecule has 0 saturated heterocycles. The Kier molecular flexibility index (Phi) is 5.66. The second kappa shape index (κ2) is 8.69. The third kappa shape index (κ3) is 4.12. The van der Waals surface area contributed by atoms with Crippen LogP contribution in [0.15, 0.2) is 84.0 Å². The minimum Gasteiger partial charge on any atom is -0.497 e. The van der Waals surface area contributed by atoms with Crippen molar-refractivity contribution in [2.75, 3.05) is 7.11 Å². The first kappa shape index (κ1) is 19.5. The molecule has 1 amide bonds. The average molecular weight is 402 g/mol. The number of carbonyl (C=O) groups is 1. The van der Waals surface area contributed by atoms with Gasteiger partial charge in [0, 0.05) is 12.5 Å². The summed E-state index contributed by atoms with van der Waals surface area (Å²) in [7, 11) is 1.61. The minimum absolute atomic E-state index is 0.221. The minimum atomic E-state index is -0.702. The zero-order chi connectivity index (χ0) is 20.9. The maximum absolute atomic E-state index is 12.3. The van der Waals surface area contributed by atoms with E-state index in [2.05, 4.69) is 5.10 Å². The van der Waals surface area contributed by atoms with Gasteiger partial charge in [0.25, 0.3) is 0 Å². The maximum Gasteiger partial charge on any atom is 0.243 e. The Morgan fingerprint density at radius 2 is 1.70 bits per heavy atom. The molecular formula is C24H22N2O4. The summed E-state index contributed by atoms with van der Waals surface area (Å²) < 4.78 is 17.4. The van der Waals surface area contributed by atoms with Crippen LogP contribution in [-0.4, -0.2) is 23.9 Å². The smallest absolute Gasteiger partial charge is 0.243 e. The van der Waals surface area contributed by atoms with Gasteiger partial charge in [0.05, 0.1) is 12.7 Å². The van der Waals surface area contributed by atoms with Crippen molar-refractivity contribution in [3.63, 3.8) is 0 Å². The number of nitrogens with zero attached hydrogens (tertiary/aromatic N) is 2. The fourth-order valence-corrected chi connectivity index (χ4v) is 3.17. The summed E-state index contributed by atoms with van der Waals surface area (Å²) in [5, 5.41) is 5.75. The Labute approximate surface area is 175 Å². The molecule has 0 aromatic heterocycles. The molecule has 0 fully saturated rings. The fraction of sp³-hybridized carbons (Fsp3) is 0.167. The highest BCUT2D eigenvalue weighted by atomic mass is 16.5.